The molecule has 0 radical (unpaired) electrons. The third-order valence-corrected chi connectivity index (χ3v) is 4.74. The summed E-state index contributed by atoms with van der Waals surface area (Å²) in [4.78, 5) is 8.96. The number of nitrogens with one attached hydrogen (secondary N) is 1. The molecule has 0 saturated carbocycles. The Kier molecular flexibility index (Phi) is 5.40. The third kappa shape index (κ3) is 4.62. The lowest BCUT2D eigenvalue weighted by atomic mass is 10.1. The molecule has 6 nitrogen and oxygen atoms in total. The molecule has 1 aliphatic heterocycles. The van der Waals surface area contributed by atoms with Crippen LogP contribution in [0.25, 0.3) is 0 Å². The molecule has 0 aromatic carbocycles. The standard InChI is InChI=1S/C16H24N6S/c1-21(2)16-6-5-14(10-17-16)18-13-4-3-8-22(9-7-13)11-15-12-23-20-19-15/h5-6,10,12-13,18H,3-4,7-9,11H2,1-2H3/t13-/m0/s1. The van der Waals surface area contributed by atoms with Gasteiger partial charge in [0.1, 0.15) is 5.82 Å². The Hall–Kier alpha value is -1.73. The molecular formula is C16H24N6S. The molecule has 0 aliphatic carbocycles. The van der Waals surface area contributed by atoms with E-state index in [0.717, 1.165) is 43.3 Å². The SMILES string of the molecule is CN(C)c1ccc(N[C@H]2CCCN(Cc3csnn3)CC2)cn1. The third-order valence-electron chi connectivity index (χ3n) is 4.19. The first-order chi connectivity index (χ1) is 11.2. The molecule has 3 rings (SSSR count). The van der Waals surface area contributed by atoms with Gasteiger partial charge in [-0.05, 0) is 49.5 Å². The van der Waals surface area contributed by atoms with Crippen LogP contribution in [0.5, 0.6) is 0 Å². The summed E-state index contributed by atoms with van der Waals surface area (Å²) < 4.78 is 3.94. The Balaban J connectivity index is 1.51. The summed E-state index contributed by atoms with van der Waals surface area (Å²) in [6.45, 7) is 3.15. The maximum absolute atomic E-state index is 4.47. The summed E-state index contributed by atoms with van der Waals surface area (Å²) in [5.74, 6) is 0.986. The Labute approximate surface area is 141 Å². The Morgan fingerprint density at radius 2 is 2.22 bits per heavy atom. The van der Waals surface area contributed by atoms with Crippen LogP contribution in [-0.4, -0.2) is 52.7 Å². The number of pyridine rings is 1. The van der Waals surface area contributed by atoms with Gasteiger partial charge in [0.25, 0.3) is 0 Å². The van der Waals surface area contributed by atoms with Crippen molar-refractivity contribution in [2.75, 3.05) is 37.4 Å². The minimum atomic E-state index is 0.514. The van der Waals surface area contributed by atoms with Gasteiger partial charge in [0.2, 0.25) is 0 Å². The second-order valence-corrected chi connectivity index (χ2v) is 6.85. The summed E-state index contributed by atoms with van der Waals surface area (Å²) in [7, 11) is 4.01. The van der Waals surface area contributed by atoms with Crippen LogP contribution in [0, 0.1) is 0 Å². The average Bonchev–Trinajstić information content (AvgIpc) is 2.96. The molecule has 0 amide bonds. The first-order valence-corrected chi connectivity index (χ1v) is 8.92. The summed E-state index contributed by atoms with van der Waals surface area (Å²) >= 11 is 1.43. The first kappa shape index (κ1) is 16.1. The number of anilines is 2. The number of rotatable bonds is 5. The van der Waals surface area contributed by atoms with E-state index < -0.39 is 0 Å². The average molecular weight is 332 g/mol. The molecule has 1 aliphatic rings. The second kappa shape index (κ2) is 7.70. The van der Waals surface area contributed by atoms with Crippen LogP contribution in [0.1, 0.15) is 25.0 Å². The molecule has 1 atom stereocenters. The largest absolute Gasteiger partial charge is 0.381 e. The van der Waals surface area contributed by atoms with Gasteiger partial charge in [-0.2, -0.15) is 0 Å². The van der Waals surface area contributed by atoms with Crippen LogP contribution in [0.3, 0.4) is 0 Å². The number of aromatic nitrogens is 3. The molecule has 0 bridgehead atoms. The van der Waals surface area contributed by atoms with Crippen molar-refractivity contribution < 1.29 is 0 Å². The van der Waals surface area contributed by atoms with Crippen molar-refractivity contribution in [2.45, 2.75) is 31.8 Å². The van der Waals surface area contributed by atoms with Crippen molar-refractivity contribution in [1.82, 2.24) is 19.5 Å². The summed E-state index contributed by atoms with van der Waals surface area (Å²) in [5.41, 5.74) is 2.20. The fourth-order valence-corrected chi connectivity index (χ4v) is 3.35. The zero-order chi connectivity index (χ0) is 16.1. The van der Waals surface area contributed by atoms with Gasteiger partial charge in [-0.15, -0.1) is 5.10 Å². The lowest BCUT2D eigenvalue weighted by Gasteiger charge is -2.20. The van der Waals surface area contributed by atoms with Crippen LogP contribution in [-0.2, 0) is 6.54 Å². The van der Waals surface area contributed by atoms with Crippen molar-refractivity contribution in [3.8, 4) is 0 Å². The van der Waals surface area contributed by atoms with Gasteiger partial charge < -0.3 is 10.2 Å². The molecule has 1 fully saturated rings. The molecule has 3 heterocycles. The lowest BCUT2D eigenvalue weighted by molar-refractivity contribution is 0.273. The quantitative estimate of drug-likeness (QED) is 0.908. The molecule has 23 heavy (non-hydrogen) atoms. The smallest absolute Gasteiger partial charge is 0.128 e. The van der Waals surface area contributed by atoms with Crippen molar-refractivity contribution in [2.24, 2.45) is 0 Å². The number of hydrogen-bond acceptors (Lipinski definition) is 7. The highest BCUT2D eigenvalue weighted by atomic mass is 32.1. The number of nitrogens with zero attached hydrogens (tertiary/aromatic N) is 5. The topological polar surface area (TPSA) is 57.2 Å². The fraction of sp³-hybridized carbons (Fsp3) is 0.562. The van der Waals surface area contributed by atoms with Crippen molar-refractivity contribution in [3.05, 3.63) is 29.4 Å². The van der Waals surface area contributed by atoms with Gasteiger partial charge in [0.15, 0.2) is 0 Å². The second-order valence-electron chi connectivity index (χ2n) is 6.24. The Morgan fingerprint density at radius 3 is 2.91 bits per heavy atom. The zero-order valence-corrected chi connectivity index (χ0v) is 14.6. The Bertz CT molecular complexity index is 583. The van der Waals surface area contributed by atoms with Crippen LogP contribution in [0.4, 0.5) is 11.5 Å². The highest BCUT2D eigenvalue weighted by Gasteiger charge is 2.17. The van der Waals surface area contributed by atoms with Crippen LogP contribution in [0.15, 0.2) is 23.7 Å². The molecular weight excluding hydrogens is 308 g/mol. The summed E-state index contributed by atoms with van der Waals surface area (Å²) in [6, 6.07) is 4.69. The molecule has 0 unspecified atom stereocenters. The molecule has 2 aromatic heterocycles. The van der Waals surface area contributed by atoms with E-state index in [9.17, 15) is 0 Å². The molecule has 1 N–H and O–H groups in total. The van der Waals surface area contributed by atoms with Crippen LogP contribution >= 0.6 is 11.5 Å². The van der Waals surface area contributed by atoms with Gasteiger partial charge in [0, 0.05) is 38.6 Å². The minimum absolute atomic E-state index is 0.514. The predicted molar refractivity (Wildman–Crippen MR) is 95.0 cm³/mol. The predicted octanol–water partition coefficient (Wildman–Crippen LogP) is 2.47. The van der Waals surface area contributed by atoms with E-state index in [4.69, 9.17) is 0 Å². The zero-order valence-electron chi connectivity index (χ0n) is 13.8. The van der Waals surface area contributed by atoms with E-state index in [2.05, 4.69) is 36.9 Å². The maximum atomic E-state index is 4.47. The van der Waals surface area contributed by atoms with Gasteiger partial charge in [-0.3, -0.25) is 4.90 Å². The van der Waals surface area contributed by atoms with Crippen molar-refractivity contribution in [1.29, 1.82) is 0 Å². The van der Waals surface area contributed by atoms with E-state index in [-0.39, 0.29) is 0 Å². The monoisotopic (exact) mass is 332 g/mol. The Morgan fingerprint density at radius 1 is 1.30 bits per heavy atom. The summed E-state index contributed by atoms with van der Waals surface area (Å²) in [6.07, 6.45) is 5.48. The maximum Gasteiger partial charge on any atom is 0.128 e. The van der Waals surface area contributed by atoms with Crippen LogP contribution < -0.4 is 10.2 Å². The van der Waals surface area contributed by atoms with Crippen molar-refractivity contribution >= 4 is 23.0 Å². The molecule has 124 valence electrons. The highest BCUT2D eigenvalue weighted by molar-refractivity contribution is 7.03. The summed E-state index contributed by atoms with van der Waals surface area (Å²) in [5, 5.41) is 9.82. The van der Waals surface area contributed by atoms with Gasteiger partial charge in [-0.25, -0.2) is 4.98 Å². The van der Waals surface area contributed by atoms with E-state index in [0.29, 0.717) is 6.04 Å². The normalized spacial score (nSPS) is 19.3. The van der Waals surface area contributed by atoms with E-state index in [1.807, 2.05) is 30.6 Å². The molecule has 1 saturated heterocycles. The van der Waals surface area contributed by atoms with Gasteiger partial charge >= 0.3 is 0 Å². The van der Waals surface area contributed by atoms with Crippen molar-refractivity contribution in [3.63, 3.8) is 0 Å². The van der Waals surface area contributed by atoms with E-state index in [1.54, 1.807) is 0 Å². The van der Waals surface area contributed by atoms with Crippen LogP contribution in [0.2, 0.25) is 0 Å². The lowest BCUT2D eigenvalue weighted by Crippen LogP contribution is -2.26. The minimum Gasteiger partial charge on any atom is -0.381 e. The number of likely N-dealkylation sites (tertiary alicyclic amines) is 1. The van der Waals surface area contributed by atoms with Gasteiger partial charge in [0.05, 0.1) is 17.6 Å². The molecule has 0 spiro atoms. The molecule has 7 heteroatoms. The number of hydrogen-bond donors (Lipinski definition) is 1. The first-order valence-electron chi connectivity index (χ1n) is 8.09. The molecule has 2 aromatic rings. The fourth-order valence-electron chi connectivity index (χ4n) is 2.91. The van der Waals surface area contributed by atoms with E-state index in [1.165, 1.54) is 24.4 Å². The highest BCUT2D eigenvalue weighted by Crippen LogP contribution is 2.19. The van der Waals surface area contributed by atoms with E-state index >= 15 is 0 Å². The van der Waals surface area contributed by atoms with Gasteiger partial charge in [-0.1, -0.05) is 4.49 Å².